The topological polar surface area (TPSA) is 98.7 Å². The molecule has 0 bridgehead atoms. The number of carboxylic acids is 1. The number of amides is 3. The van der Waals surface area contributed by atoms with E-state index < -0.39 is 11.5 Å². The first-order valence-corrected chi connectivity index (χ1v) is 7.41. The molecule has 1 saturated carbocycles. The second-order valence-electron chi connectivity index (χ2n) is 6.31. The lowest BCUT2D eigenvalue weighted by Gasteiger charge is -2.42. The lowest BCUT2D eigenvalue weighted by atomic mass is 9.86. The predicted octanol–water partition coefficient (Wildman–Crippen LogP) is 0.550. The number of nitrogens with one attached hydrogen (secondary N) is 2. The van der Waals surface area contributed by atoms with E-state index in [-0.39, 0.29) is 23.9 Å². The molecule has 1 aliphatic heterocycles. The number of carboxylic acid groups (broad SMARTS) is 1. The van der Waals surface area contributed by atoms with Crippen LogP contribution in [0, 0.1) is 5.92 Å². The van der Waals surface area contributed by atoms with E-state index in [4.69, 9.17) is 5.11 Å². The molecule has 2 rings (SSSR count). The van der Waals surface area contributed by atoms with Crippen LogP contribution in [0.2, 0.25) is 0 Å². The third-order valence-corrected chi connectivity index (χ3v) is 4.45. The van der Waals surface area contributed by atoms with Crippen molar-refractivity contribution in [3.63, 3.8) is 0 Å². The van der Waals surface area contributed by atoms with Crippen molar-refractivity contribution in [3.05, 3.63) is 0 Å². The largest absolute Gasteiger partial charge is 0.481 e. The van der Waals surface area contributed by atoms with Crippen LogP contribution in [0.4, 0.5) is 4.79 Å². The molecule has 2 unspecified atom stereocenters. The minimum Gasteiger partial charge on any atom is -0.481 e. The fourth-order valence-electron chi connectivity index (χ4n) is 3.05. The molecule has 0 aromatic heterocycles. The van der Waals surface area contributed by atoms with Gasteiger partial charge in [-0.25, -0.2) is 4.79 Å². The van der Waals surface area contributed by atoms with E-state index in [0.717, 1.165) is 12.8 Å². The van der Waals surface area contributed by atoms with Crippen molar-refractivity contribution in [1.29, 1.82) is 0 Å². The van der Waals surface area contributed by atoms with E-state index in [1.165, 1.54) is 4.90 Å². The van der Waals surface area contributed by atoms with Gasteiger partial charge in [-0.2, -0.15) is 0 Å². The van der Waals surface area contributed by atoms with Gasteiger partial charge >= 0.3 is 12.0 Å². The molecule has 3 N–H and O–H groups in total. The number of urea groups is 1. The van der Waals surface area contributed by atoms with Gasteiger partial charge in [0, 0.05) is 19.1 Å². The molecule has 3 amide bonds. The van der Waals surface area contributed by atoms with Crippen LogP contribution < -0.4 is 10.6 Å². The SMILES string of the molecule is CC1(C)C(=O)NCCN1C(=O)NC1CCCC(C(=O)O)C1. The quantitative estimate of drug-likeness (QED) is 0.693. The molecule has 0 spiro atoms. The van der Waals surface area contributed by atoms with Crippen molar-refractivity contribution in [3.8, 4) is 0 Å². The molecule has 0 radical (unpaired) electrons. The summed E-state index contributed by atoms with van der Waals surface area (Å²) in [7, 11) is 0. The Morgan fingerprint density at radius 3 is 2.76 bits per heavy atom. The Hall–Kier alpha value is -1.79. The van der Waals surface area contributed by atoms with Crippen molar-refractivity contribution < 1.29 is 19.5 Å². The lowest BCUT2D eigenvalue weighted by Crippen LogP contribution is -2.65. The summed E-state index contributed by atoms with van der Waals surface area (Å²) in [5.41, 5.74) is -0.886. The summed E-state index contributed by atoms with van der Waals surface area (Å²) < 4.78 is 0. The molecule has 1 aliphatic carbocycles. The van der Waals surface area contributed by atoms with Crippen LogP contribution in [0.15, 0.2) is 0 Å². The zero-order valence-electron chi connectivity index (χ0n) is 12.5. The molecule has 2 atom stereocenters. The van der Waals surface area contributed by atoms with E-state index in [2.05, 4.69) is 10.6 Å². The summed E-state index contributed by atoms with van der Waals surface area (Å²) in [6.45, 7) is 4.32. The van der Waals surface area contributed by atoms with Crippen molar-refractivity contribution in [2.24, 2.45) is 5.92 Å². The van der Waals surface area contributed by atoms with Gasteiger partial charge in [-0.3, -0.25) is 9.59 Å². The summed E-state index contributed by atoms with van der Waals surface area (Å²) in [6.07, 6.45) is 2.71. The van der Waals surface area contributed by atoms with Gasteiger partial charge in [-0.15, -0.1) is 0 Å². The number of carbonyl (C=O) groups excluding carboxylic acids is 2. The van der Waals surface area contributed by atoms with E-state index in [0.29, 0.717) is 25.9 Å². The van der Waals surface area contributed by atoms with Gasteiger partial charge in [0.25, 0.3) is 0 Å². The van der Waals surface area contributed by atoms with E-state index >= 15 is 0 Å². The smallest absolute Gasteiger partial charge is 0.318 e. The van der Waals surface area contributed by atoms with Crippen molar-refractivity contribution in [1.82, 2.24) is 15.5 Å². The molecule has 1 saturated heterocycles. The first-order valence-electron chi connectivity index (χ1n) is 7.41. The number of carbonyl (C=O) groups is 3. The molecule has 0 aromatic rings. The number of nitrogens with zero attached hydrogens (tertiary/aromatic N) is 1. The molecule has 2 aliphatic rings. The maximum absolute atomic E-state index is 12.4. The normalized spacial score (nSPS) is 28.7. The molecule has 21 heavy (non-hydrogen) atoms. The molecule has 0 aromatic carbocycles. The summed E-state index contributed by atoms with van der Waals surface area (Å²) in [5, 5.41) is 14.7. The lowest BCUT2D eigenvalue weighted by molar-refractivity contribution is -0.143. The third kappa shape index (κ3) is 3.28. The Morgan fingerprint density at radius 1 is 1.38 bits per heavy atom. The highest BCUT2D eigenvalue weighted by molar-refractivity contribution is 5.91. The van der Waals surface area contributed by atoms with Crippen LogP contribution in [-0.4, -0.2) is 52.6 Å². The Morgan fingerprint density at radius 2 is 2.10 bits per heavy atom. The zero-order valence-corrected chi connectivity index (χ0v) is 12.5. The van der Waals surface area contributed by atoms with Crippen molar-refractivity contribution >= 4 is 17.9 Å². The molecule has 7 nitrogen and oxygen atoms in total. The fraction of sp³-hybridized carbons (Fsp3) is 0.786. The van der Waals surface area contributed by atoms with Gasteiger partial charge < -0.3 is 20.6 Å². The number of hydrogen-bond donors (Lipinski definition) is 3. The third-order valence-electron chi connectivity index (χ3n) is 4.45. The van der Waals surface area contributed by atoms with E-state index in [1.807, 2.05) is 0 Å². The Bertz CT molecular complexity index is 450. The van der Waals surface area contributed by atoms with Gasteiger partial charge in [0.15, 0.2) is 0 Å². The average Bonchev–Trinajstić information content (AvgIpc) is 2.42. The summed E-state index contributed by atoms with van der Waals surface area (Å²) in [4.78, 5) is 36.8. The molecular weight excluding hydrogens is 274 g/mol. The number of rotatable bonds is 2. The molecular formula is C14H23N3O4. The van der Waals surface area contributed by atoms with Gasteiger partial charge in [-0.1, -0.05) is 6.42 Å². The highest BCUT2D eigenvalue weighted by Gasteiger charge is 2.41. The number of hydrogen-bond acceptors (Lipinski definition) is 3. The van der Waals surface area contributed by atoms with Crippen molar-refractivity contribution in [2.45, 2.75) is 51.1 Å². The monoisotopic (exact) mass is 297 g/mol. The second-order valence-corrected chi connectivity index (χ2v) is 6.31. The molecule has 118 valence electrons. The van der Waals surface area contributed by atoms with Gasteiger partial charge in [-0.05, 0) is 33.1 Å². The molecule has 2 fully saturated rings. The van der Waals surface area contributed by atoms with Gasteiger partial charge in [0.05, 0.1) is 5.92 Å². The summed E-state index contributed by atoms with van der Waals surface area (Å²) >= 11 is 0. The van der Waals surface area contributed by atoms with Crippen LogP contribution in [0.1, 0.15) is 39.5 Å². The van der Waals surface area contributed by atoms with E-state index in [9.17, 15) is 14.4 Å². The minimum absolute atomic E-state index is 0.131. The van der Waals surface area contributed by atoms with Crippen LogP contribution in [0.3, 0.4) is 0 Å². The van der Waals surface area contributed by atoms with Crippen LogP contribution in [0.5, 0.6) is 0 Å². The number of piperazine rings is 1. The van der Waals surface area contributed by atoms with Gasteiger partial charge in [0.1, 0.15) is 5.54 Å². The predicted molar refractivity (Wildman–Crippen MR) is 75.7 cm³/mol. The van der Waals surface area contributed by atoms with Crippen LogP contribution in [0.25, 0.3) is 0 Å². The average molecular weight is 297 g/mol. The first-order chi connectivity index (χ1) is 9.82. The maximum atomic E-state index is 12.4. The Labute approximate surface area is 124 Å². The number of aliphatic carboxylic acids is 1. The van der Waals surface area contributed by atoms with Crippen LogP contribution in [-0.2, 0) is 9.59 Å². The summed E-state index contributed by atoms with van der Waals surface area (Å²) in [5.74, 6) is -1.36. The first kappa shape index (κ1) is 15.6. The highest BCUT2D eigenvalue weighted by Crippen LogP contribution is 2.25. The standard InChI is InChI=1S/C14H23N3O4/c1-14(2)12(20)15-6-7-17(14)13(21)16-10-5-3-4-9(8-10)11(18)19/h9-10H,3-8H2,1-2H3,(H,15,20)(H,16,21)(H,18,19). The summed E-state index contributed by atoms with van der Waals surface area (Å²) in [6, 6.07) is -0.418. The Balaban J connectivity index is 1.97. The van der Waals surface area contributed by atoms with Gasteiger partial charge in [0.2, 0.25) is 5.91 Å². The second kappa shape index (κ2) is 5.91. The van der Waals surface area contributed by atoms with E-state index in [1.54, 1.807) is 13.8 Å². The maximum Gasteiger partial charge on any atom is 0.318 e. The molecule has 7 heteroatoms. The van der Waals surface area contributed by atoms with Crippen LogP contribution >= 0.6 is 0 Å². The molecule has 1 heterocycles. The zero-order chi connectivity index (χ0) is 15.6. The Kier molecular flexibility index (Phi) is 4.39. The highest BCUT2D eigenvalue weighted by atomic mass is 16.4. The van der Waals surface area contributed by atoms with Crippen molar-refractivity contribution in [2.75, 3.05) is 13.1 Å². The minimum atomic E-state index is -0.886. The fourth-order valence-corrected chi connectivity index (χ4v) is 3.05.